The third kappa shape index (κ3) is 2.53. The molecule has 6 heteroatoms. The minimum Gasteiger partial charge on any atom is -0.390 e. The zero-order chi connectivity index (χ0) is 13.3. The van der Waals surface area contributed by atoms with Crippen LogP contribution in [0.3, 0.4) is 0 Å². The maximum atomic E-state index is 12.1. The molecule has 0 bridgehead atoms. The molecule has 1 fully saturated rings. The summed E-state index contributed by atoms with van der Waals surface area (Å²) in [5.41, 5.74) is 2.00. The first-order valence-electron chi connectivity index (χ1n) is 6.05. The van der Waals surface area contributed by atoms with Crippen LogP contribution in [0.2, 0.25) is 5.02 Å². The van der Waals surface area contributed by atoms with Crippen molar-refractivity contribution in [3.63, 3.8) is 0 Å². The van der Waals surface area contributed by atoms with Crippen molar-refractivity contribution in [2.24, 2.45) is 0 Å². The summed E-state index contributed by atoms with van der Waals surface area (Å²) in [6.45, 7) is 4.94. The fourth-order valence-corrected chi connectivity index (χ4v) is 2.35. The number of rotatable bonds is 2. The predicted octanol–water partition coefficient (Wildman–Crippen LogP) is 0.738. The van der Waals surface area contributed by atoms with Gasteiger partial charge in [0.15, 0.2) is 0 Å². The maximum Gasteiger partial charge on any atom is 0.268 e. The summed E-state index contributed by atoms with van der Waals surface area (Å²) in [5, 5.41) is 16.3. The van der Waals surface area contributed by atoms with Crippen molar-refractivity contribution in [2.75, 3.05) is 13.1 Å². The van der Waals surface area contributed by atoms with Gasteiger partial charge in [-0.1, -0.05) is 11.6 Å². The Labute approximate surface area is 111 Å². The van der Waals surface area contributed by atoms with Gasteiger partial charge in [-0.15, -0.1) is 0 Å². The fourth-order valence-electron chi connectivity index (χ4n) is 2.21. The Morgan fingerprint density at radius 3 is 2.78 bits per heavy atom. The van der Waals surface area contributed by atoms with E-state index in [9.17, 15) is 9.90 Å². The largest absolute Gasteiger partial charge is 0.390 e. The molecule has 0 spiro atoms. The van der Waals surface area contributed by atoms with Crippen LogP contribution in [0.25, 0.3) is 0 Å². The molecule has 4 N–H and O–H groups in total. The van der Waals surface area contributed by atoms with E-state index in [2.05, 4.69) is 15.6 Å². The first-order valence-corrected chi connectivity index (χ1v) is 6.42. The van der Waals surface area contributed by atoms with Gasteiger partial charge in [-0.3, -0.25) is 4.79 Å². The second-order valence-electron chi connectivity index (χ2n) is 4.70. The first-order chi connectivity index (χ1) is 8.50. The predicted molar refractivity (Wildman–Crippen MR) is 70.0 cm³/mol. The third-order valence-electron chi connectivity index (χ3n) is 3.34. The van der Waals surface area contributed by atoms with Crippen molar-refractivity contribution >= 4 is 17.5 Å². The van der Waals surface area contributed by atoms with Crippen LogP contribution in [0.5, 0.6) is 0 Å². The average Bonchev–Trinajstić information content (AvgIpc) is 2.60. The van der Waals surface area contributed by atoms with Crippen molar-refractivity contribution in [1.82, 2.24) is 15.6 Å². The lowest BCUT2D eigenvalue weighted by Crippen LogP contribution is -2.52. The van der Waals surface area contributed by atoms with Crippen LogP contribution in [-0.4, -0.2) is 41.2 Å². The van der Waals surface area contributed by atoms with Gasteiger partial charge < -0.3 is 20.7 Å². The van der Waals surface area contributed by atoms with E-state index in [-0.39, 0.29) is 11.9 Å². The van der Waals surface area contributed by atoms with Crippen molar-refractivity contribution in [3.05, 3.63) is 22.0 Å². The lowest BCUT2D eigenvalue weighted by atomic mass is 10.0. The molecule has 2 atom stereocenters. The van der Waals surface area contributed by atoms with Crippen LogP contribution >= 0.6 is 11.6 Å². The molecule has 0 radical (unpaired) electrons. The van der Waals surface area contributed by atoms with Gasteiger partial charge in [0.05, 0.1) is 17.2 Å². The van der Waals surface area contributed by atoms with Gasteiger partial charge in [0.2, 0.25) is 0 Å². The molecule has 0 aromatic carbocycles. The van der Waals surface area contributed by atoms with Gasteiger partial charge in [-0.25, -0.2) is 0 Å². The highest BCUT2D eigenvalue weighted by molar-refractivity contribution is 6.32. The zero-order valence-corrected chi connectivity index (χ0v) is 11.3. The van der Waals surface area contributed by atoms with Gasteiger partial charge in [0, 0.05) is 12.2 Å². The maximum absolute atomic E-state index is 12.1. The summed E-state index contributed by atoms with van der Waals surface area (Å²) >= 11 is 6.04. The molecule has 1 unspecified atom stereocenters. The number of H-pyrrole nitrogens is 1. The Bertz CT molecular complexity index is 458. The quantitative estimate of drug-likeness (QED) is 0.641. The Hall–Kier alpha value is -1.04. The number of amides is 1. The smallest absolute Gasteiger partial charge is 0.268 e. The lowest BCUT2D eigenvalue weighted by molar-refractivity contribution is 0.0761. The number of carbonyl (C=O) groups excluding carboxylic acids is 1. The topological polar surface area (TPSA) is 77.2 Å². The van der Waals surface area contributed by atoms with E-state index >= 15 is 0 Å². The van der Waals surface area contributed by atoms with E-state index in [4.69, 9.17) is 11.6 Å². The van der Waals surface area contributed by atoms with E-state index in [1.165, 1.54) is 0 Å². The number of aromatic nitrogens is 1. The molecule has 1 aromatic heterocycles. The van der Waals surface area contributed by atoms with Gasteiger partial charge in [-0.05, 0) is 32.4 Å². The summed E-state index contributed by atoms with van der Waals surface area (Å²) in [6, 6.07) is -0.208. The van der Waals surface area contributed by atoms with E-state index in [1.807, 2.05) is 6.92 Å². The van der Waals surface area contributed by atoms with Crippen LogP contribution in [-0.2, 0) is 0 Å². The molecule has 0 aliphatic carbocycles. The molecule has 1 aliphatic rings. The van der Waals surface area contributed by atoms with Gasteiger partial charge >= 0.3 is 0 Å². The molecule has 1 amide bonds. The third-order valence-corrected chi connectivity index (χ3v) is 3.91. The molecule has 100 valence electrons. The number of halogens is 1. The Kier molecular flexibility index (Phi) is 3.94. The van der Waals surface area contributed by atoms with Crippen LogP contribution in [0.1, 0.15) is 28.2 Å². The van der Waals surface area contributed by atoms with Crippen molar-refractivity contribution in [2.45, 2.75) is 32.4 Å². The summed E-state index contributed by atoms with van der Waals surface area (Å²) in [6.07, 6.45) is 0.175. The lowest BCUT2D eigenvalue weighted by Gasteiger charge is -2.28. The molecule has 0 saturated carbocycles. The average molecular weight is 272 g/mol. The Balaban J connectivity index is 2.09. The number of β-amino-alcohol motifs (C(OH)–C–C–N with tert-alkyl or cyclic N) is 1. The van der Waals surface area contributed by atoms with Crippen molar-refractivity contribution in [1.29, 1.82) is 0 Å². The number of carbonyl (C=O) groups is 1. The van der Waals surface area contributed by atoms with Crippen LogP contribution < -0.4 is 10.6 Å². The SMILES string of the molecule is Cc1[nH]c(C(=O)N[C@@H]2CCNCC2O)c(C)c1Cl. The van der Waals surface area contributed by atoms with Crippen LogP contribution in [0.15, 0.2) is 0 Å². The molecule has 1 aromatic rings. The number of aliphatic hydroxyl groups excluding tert-OH is 1. The normalized spacial score (nSPS) is 24.0. The van der Waals surface area contributed by atoms with Crippen LogP contribution in [0, 0.1) is 13.8 Å². The number of aliphatic hydroxyl groups is 1. The molecular weight excluding hydrogens is 254 g/mol. The molecule has 18 heavy (non-hydrogen) atoms. The highest BCUT2D eigenvalue weighted by atomic mass is 35.5. The number of hydrogen-bond donors (Lipinski definition) is 4. The summed E-state index contributed by atoms with van der Waals surface area (Å²) in [5.74, 6) is -0.214. The number of aromatic amines is 1. The summed E-state index contributed by atoms with van der Waals surface area (Å²) < 4.78 is 0. The molecule has 5 nitrogen and oxygen atoms in total. The molecule has 1 aliphatic heterocycles. The Morgan fingerprint density at radius 2 is 2.22 bits per heavy atom. The summed E-state index contributed by atoms with van der Waals surface area (Å²) in [4.78, 5) is 15.1. The molecule has 1 saturated heterocycles. The first kappa shape index (κ1) is 13.4. The number of piperidine rings is 1. The minimum absolute atomic E-state index is 0.208. The highest BCUT2D eigenvalue weighted by Crippen LogP contribution is 2.23. The van der Waals surface area contributed by atoms with E-state index < -0.39 is 6.10 Å². The second kappa shape index (κ2) is 5.30. The zero-order valence-electron chi connectivity index (χ0n) is 10.5. The summed E-state index contributed by atoms with van der Waals surface area (Å²) in [7, 11) is 0. The van der Waals surface area contributed by atoms with Gasteiger partial charge in [0.25, 0.3) is 5.91 Å². The van der Waals surface area contributed by atoms with E-state index in [1.54, 1.807) is 6.92 Å². The Morgan fingerprint density at radius 1 is 1.50 bits per heavy atom. The molecule has 2 rings (SSSR count). The molecule has 2 heterocycles. The standard InChI is InChI=1S/C12H18ClN3O2/c1-6-10(13)7(2)15-11(6)12(18)16-8-3-4-14-5-9(8)17/h8-9,14-15,17H,3-5H2,1-2H3,(H,16,18)/t8-,9?/m1/s1. The van der Waals surface area contributed by atoms with E-state index in [0.717, 1.165) is 24.2 Å². The van der Waals surface area contributed by atoms with Crippen LogP contribution in [0.4, 0.5) is 0 Å². The second-order valence-corrected chi connectivity index (χ2v) is 5.08. The minimum atomic E-state index is -0.547. The molecular formula is C12H18ClN3O2. The van der Waals surface area contributed by atoms with Crippen molar-refractivity contribution in [3.8, 4) is 0 Å². The van der Waals surface area contributed by atoms with Crippen molar-refractivity contribution < 1.29 is 9.90 Å². The fraction of sp³-hybridized carbons (Fsp3) is 0.583. The van der Waals surface area contributed by atoms with Gasteiger partial charge in [0.1, 0.15) is 5.69 Å². The van der Waals surface area contributed by atoms with Gasteiger partial charge in [-0.2, -0.15) is 0 Å². The highest BCUT2D eigenvalue weighted by Gasteiger charge is 2.26. The number of hydrogen-bond acceptors (Lipinski definition) is 3. The monoisotopic (exact) mass is 271 g/mol. The number of aryl methyl sites for hydroxylation is 1. The number of nitrogens with one attached hydrogen (secondary N) is 3. The van der Waals surface area contributed by atoms with E-state index in [0.29, 0.717) is 17.3 Å².